The van der Waals surface area contributed by atoms with Crippen LogP contribution in [0.15, 0.2) is 27.5 Å². The van der Waals surface area contributed by atoms with Crippen LogP contribution >= 0.6 is 23.2 Å². The highest BCUT2D eigenvalue weighted by molar-refractivity contribution is 7.92. The van der Waals surface area contributed by atoms with Crippen LogP contribution in [-0.2, 0) is 16.6 Å². The standard InChI is InChI=1S/C13H13Cl2NO4S/c1-7-9(6-17)13(8(2)20-7)21(18,19)16-12-10(14)4-3-5-11(12)15/h3-5,16-17H,6H2,1-2H3. The number of rotatable bonds is 4. The predicted octanol–water partition coefficient (Wildman–Crippen LogP) is 3.50. The van der Waals surface area contributed by atoms with Crippen molar-refractivity contribution in [3.8, 4) is 0 Å². The number of halogens is 2. The minimum atomic E-state index is -3.98. The smallest absolute Gasteiger partial charge is 0.265 e. The van der Waals surface area contributed by atoms with Crippen molar-refractivity contribution in [2.45, 2.75) is 25.3 Å². The number of furan rings is 1. The molecular weight excluding hydrogens is 337 g/mol. The first kappa shape index (κ1) is 16.2. The molecule has 0 bridgehead atoms. The average molecular weight is 350 g/mol. The fraction of sp³-hybridized carbons (Fsp3) is 0.231. The number of nitrogens with one attached hydrogen (secondary N) is 1. The zero-order chi connectivity index (χ0) is 15.8. The molecule has 2 N–H and O–H groups in total. The maximum atomic E-state index is 12.5. The normalized spacial score (nSPS) is 11.7. The van der Waals surface area contributed by atoms with Gasteiger partial charge in [0.25, 0.3) is 10.0 Å². The maximum absolute atomic E-state index is 12.5. The Morgan fingerprint density at radius 2 is 1.76 bits per heavy atom. The van der Waals surface area contributed by atoms with E-state index in [1.165, 1.54) is 19.1 Å². The first-order valence-electron chi connectivity index (χ1n) is 5.94. The Bertz CT molecular complexity index is 763. The van der Waals surface area contributed by atoms with E-state index in [1.54, 1.807) is 13.0 Å². The van der Waals surface area contributed by atoms with Crippen molar-refractivity contribution in [2.75, 3.05) is 4.72 Å². The third-order valence-electron chi connectivity index (χ3n) is 2.95. The zero-order valence-corrected chi connectivity index (χ0v) is 13.6. The van der Waals surface area contributed by atoms with Gasteiger partial charge in [-0.25, -0.2) is 8.42 Å². The molecule has 0 aliphatic heterocycles. The van der Waals surface area contributed by atoms with Gasteiger partial charge in [-0.05, 0) is 26.0 Å². The first-order chi connectivity index (χ1) is 9.77. The Morgan fingerprint density at radius 1 is 1.19 bits per heavy atom. The molecule has 0 aliphatic carbocycles. The first-order valence-corrected chi connectivity index (χ1v) is 8.18. The van der Waals surface area contributed by atoms with Crippen LogP contribution in [0.4, 0.5) is 5.69 Å². The van der Waals surface area contributed by atoms with Gasteiger partial charge >= 0.3 is 0 Å². The summed E-state index contributed by atoms with van der Waals surface area (Å²) in [5.41, 5.74) is 0.297. The van der Waals surface area contributed by atoms with Gasteiger partial charge in [0, 0.05) is 5.56 Å². The highest BCUT2D eigenvalue weighted by atomic mass is 35.5. The molecule has 0 fully saturated rings. The lowest BCUT2D eigenvalue weighted by Crippen LogP contribution is -2.16. The Morgan fingerprint density at radius 3 is 2.29 bits per heavy atom. The molecule has 0 spiro atoms. The van der Waals surface area contributed by atoms with Crippen LogP contribution in [0.1, 0.15) is 17.1 Å². The molecule has 0 atom stereocenters. The molecule has 21 heavy (non-hydrogen) atoms. The Labute approximate surface area is 132 Å². The van der Waals surface area contributed by atoms with Gasteiger partial charge in [0.2, 0.25) is 0 Å². The van der Waals surface area contributed by atoms with Crippen LogP contribution in [0.2, 0.25) is 10.0 Å². The van der Waals surface area contributed by atoms with Crippen LogP contribution in [0.3, 0.4) is 0 Å². The van der Waals surface area contributed by atoms with Crippen molar-refractivity contribution in [1.29, 1.82) is 0 Å². The summed E-state index contributed by atoms with van der Waals surface area (Å²) in [4.78, 5) is -0.0986. The van der Waals surface area contributed by atoms with Gasteiger partial charge in [0.05, 0.1) is 22.3 Å². The summed E-state index contributed by atoms with van der Waals surface area (Å²) in [5, 5.41) is 9.70. The number of anilines is 1. The maximum Gasteiger partial charge on any atom is 0.265 e. The van der Waals surface area contributed by atoms with Gasteiger partial charge < -0.3 is 9.52 Å². The molecule has 2 aromatic rings. The lowest BCUT2D eigenvalue weighted by atomic mass is 10.2. The van der Waals surface area contributed by atoms with Crippen LogP contribution < -0.4 is 4.72 Å². The van der Waals surface area contributed by atoms with Crippen molar-refractivity contribution in [3.63, 3.8) is 0 Å². The molecule has 114 valence electrons. The molecule has 0 aliphatic rings. The highest BCUT2D eigenvalue weighted by Crippen LogP contribution is 2.34. The summed E-state index contributed by atoms with van der Waals surface area (Å²) in [7, 11) is -3.98. The Hall–Kier alpha value is -1.21. The highest BCUT2D eigenvalue weighted by Gasteiger charge is 2.27. The zero-order valence-electron chi connectivity index (χ0n) is 11.3. The van der Waals surface area contributed by atoms with Gasteiger partial charge in [-0.3, -0.25) is 4.72 Å². The van der Waals surface area contributed by atoms with E-state index >= 15 is 0 Å². The van der Waals surface area contributed by atoms with Gasteiger partial charge in [0.1, 0.15) is 16.4 Å². The monoisotopic (exact) mass is 349 g/mol. The second kappa shape index (κ2) is 5.88. The summed E-state index contributed by atoms with van der Waals surface area (Å²) in [6.07, 6.45) is 0. The summed E-state index contributed by atoms with van der Waals surface area (Å²) < 4.78 is 32.7. The fourth-order valence-electron chi connectivity index (χ4n) is 2.03. The van der Waals surface area contributed by atoms with E-state index < -0.39 is 16.6 Å². The van der Waals surface area contributed by atoms with E-state index in [0.717, 1.165) is 0 Å². The second-order valence-corrected chi connectivity index (χ2v) is 6.82. The molecule has 0 unspecified atom stereocenters. The average Bonchev–Trinajstić information content (AvgIpc) is 2.69. The summed E-state index contributed by atoms with van der Waals surface area (Å²) in [6, 6.07) is 4.65. The van der Waals surface area contributed by atoms with E-state index in [-0.39, 0.29) is 32.0 Å². The van der Waals surface area contributed by atoms with Crippen molar-refractivity contribution >= 4 is 38.9 Å². The van der Waals surface area contributed by atoms with Gasteiger partial charge in [-0.1, -0.05) is 29.3 Å². The van der Waals surface area contributed by atoms with Crippen LogP contribution in [-0.4, -0.2) is 13.5 Å². The topological polar surface area (TPSA) is 79.5 Å². The minimum Gasteiger partial charge on any atom is -0.465 e. The molecular formula is C13H13Cl2NO4S. The largest absolute Gasteiger partial charge is 0.465 e. The van der Waals surface area contributed by atoms with E-state index in [4.69, 9.17) is 27.6 Å². The Kier molecular flexibility index (Phi) is 4.53. The van der Waals surface area contributed by atoms with E-state index in [1.807, 2.05) is 0 Å². The third kappa shape index (κ3) is 3.03. The third-order valence-corrected chi connectivity index (χ3v) is 5.13. The Balaban J connectivity index is 2.54. The van der Waals surface area contributed by atoms with Gasteiger partial charge in [-0.15, -0.1) is 0 Å². The van der Waals surface area contributed by atoms with E-state index in [0.29, 0.717) is 5.76 Å². The molecule has 0 saturated carbocycles. The molecule has 0 radical (unpaired) electrons. The quantitative estimate of drug-likeness (QED) is 0.885. The molecule has 2 rings (SSSR count). The number of aliphatic hydroxyl groups excluding tert-OH is 1. The lowest BCUT2D eigenvalue weighted by molar-refractivity contribution is 0.276. The van der Waals surface area contributed by atoms with Crippen LogP contribution in [0.25, 0.3) is 0 Å². The molecule has 5 nitrogen and oxygen atoms in total. The van der Waals surface area contributed by atoms with Crippen molar-refractivity contribution in [1.82, 2.24) is 0 Å². The molecule has 8 heteroatoms. The number of para-hydroxylation sites is 1. The summed E-state index contributed by atoms with van der Waals surface area (Å²) in [5.74, 6) is 0.535. The number of aryl methyl sites for hydroxylation is 2. The predicted molar refractivity (Wildman–Crippen MR) is 81.4 cm³/mol. The molecule has 1 heterocycles. The number of sulfonamides is 1. The van der Waals surface area contributed by atoms with E-state index in [9.17, 15) is 13.5 Å². The summed E-state index contributed by atoms with van der Waals surface area (Å²) >= 11 is 11.9. The molecule has 1 aromatic carbocycles. The number of aliphatic hydroxyl groups is 1. The SMILES string of the molecule is Cc1oc(C)c(S(=O)(=O)Nc2c(Cl)cccc2Cl)c1CO. The number of hydrogen-bond donors (Lipinski definition) is 2. The number of benzene rings is 1. The second-order valence-electron chi connectivity index (χ2n) is 4.38. The number of hydrogen-bond acceptors (Lipinski definition) is 4. The van der Waals surface area contributed by atoms with E-state index in [2.05, 4.69) is 4.72 Å². The van der Waals surface area contributed by atoms with Crippen LogP contribution in [0, 0.1) is 13.8 Å². The van der Waals surface area contributed by atoms with Crippen molar-refractivity contribution in [2.24, 2.45) is 0 Å². The van der Waals surface area contributed by atoms with Gasteiger partial charge in [-0.2, -0.15) is 0 Å². The minimum absolute atomic E-state index is 0.0861. The molecule has 0 saturated heterocycles. The fourth-order valence-corrected chi connectivity index (χ4v) is 4.17. The lowest BCUT2D eigenvalue weighted by Gasteiger charge is -2.11. The van der Waals surface area contributed by atoms with Crippen molar-refractivity contribution < 1.29 is 17.9 Å². The summed E-state index contributed by atoms with van der Waals surface area (Å²) in [6.45, 7) is 2.64. The van der Waals surface area contributed by atoms with Crippen molar-refractivity contribution in [3.05, 3.63) is 45.3 Å². The van der Waals surface area contributed by atoms with Crippen LogP contribution in [0.5, 0.6) is 0 Å². The molecule has 1 aromatic heterocycles. The molecule has 0 amide bonds. The van der Waals surface area contributed by atoms with Gasteiger partial charge in [0.15, 0.2) is 0 Å².